The van der Waals surface area contributed by atoms with Crippen LogP contribution in [0.2, 0.25) is 5.02 Å². The predicted molar refractivity (Wildman–Crippen MR) is 144 cm³/mol. The number of benzene rings is 1. The van der Waals surface area contributed by atoms with Gasteiger partial charge in [-0.15, -0.1) is 0 Å². The molecule has 1 amide bonds. The number of halogens is 2. The summed E-state index contributed by atoms with van der Waals surface area (Å²) in [7, 11) is 0. The van der Waals surface area contributed by atoms with Crippen LogP contribution < -0.4 is 16.4 Å². The quantitative estimate of drug-likeness (QED) is 0.260. The second-order valence-electron chi connectivity index (χ2n) is 9.71. The van der Waals surface area contributed by atoms with E-state index in [0.29, 0.717) is 22.1 Å². The number of anilines is 1. The first kappa shape index (κ1) is 25.3. The number of nitrogens with zero attached hydrogens (tertiary/aromatic N) is 3. The number of nitrogens with two attached hydrogens (primary N) is 1. The minimum Gasteiger partial charge on any atom is -0.444 e. The summed E-state index contributed by atoms with van der Waals surface area (Å²) in [6.45, 7) is 5.59. The van der Waals surface area contributed by atoms with Gasteiger partial charge in [-0.3, -0.25) is 0 Å². The van der Waals surface area contributed by atoms with E-state index < -0.39 is 5.60 Å². The average Bonchev–Trinajstić information content (AvgIpc) is 3.16. The van der Waals surface area contributed by atoms with Crippen LogP contribution in [0, 0.1) is 0 Å². The first-order chi connectivity index (χ1) is 16.6. The van der Waals surface area contributed by atoms with Crippen molar-refractivity contribution in [2.24, 2.45) is 10.7 Å². The molecular formula is C25H30BrClN6O2. The first-order valence-electron chi connectivity index (χ1n) is 11.6. The SMILES string of the molecule is CC(C)(C)OC(=O)N[C@H]1CC[C@H](Nc2c(/C(N)=N/c3ccccc3Cl)cnn3cc(Br)cc23)CC1. The summed E-state index contributed by atoms with van der Waals surface area (Å²) < 4.78 is 8.11. The number of para-hydroxylation sites is 1. The smallest absolute Gasteiger partial charge is 0.407 e. The maximum atomic E-state index is 12.1. The number of rotatable bonds is 5. The van der Waals surface area contributed by atoms with Gasteiger partial charge in [0, 0.05) is 22.8 Å². The van der Waals surface area contributed by atoms with Gasteiger partial charge >= 0.3 is 6.09 Å². The Morgan fingerprint density at radius 1 is 1.23 bits per heavy atom. The summed E-state index contributed by atoms with van der Waals surface area (Å²) in [5.74, 6) is 0.327. The zero-order valence-electron chi connectivity index (χ0n) is 20.0. The van der Waals surface area contributed by atoms with E-state index in [0.717, 1.165) is 41.4 Å². The Kier molecular flexibility index (Phi) is 7.56. The number of aromatic nitrogens is 2. The summed E-state index contributed by atoms with van der Waals surface area (Å²) in [4.78, 5) is 16.7. The van der Waals surface area contributed by atoms with Crippen LogP contribution in [-0.2, 0) is 4.74 Å². The lowest BCUT2D eigenvalue weighted by Crippen LogP contribution is -2.42. The number of hydrogen-bond acceptors (Lipinski definition) is 5. The van der Waals surface area contributed by atoms with Gasteiger partial charge in [0.1, 0.15) is 11.4 Å². The number of carbonyl (C=O) groups excluding carboxylic acids is 1. The van der Waals surface area contributed by atoms with E-state index in [2.05, 4.69) is 36.7 Å². The number of fused-ring (bicyclic) bond motifs is 1. The number of amides is 1. The number of carbonyl (C=O) groups is 1. The third kappa shape index (κ3) is 6.46. The summed E-state index contributed by atoms with van der Waals surface area (Å²) in [6.07, 6.45) is 6.72. The molecule has 1 saturated carbocycles. The van der Waals surface area contributed by atoms with Crippen LogP contribution in [0.1, 0.15) is 52.0 Å². The molecule has 1 aliphatic rings. The molecule has 1 fully saturated rings. The van der Waals surface area contributed by atoms with Crippen LogP contribution in [0.3, 0.4) is 0 Å². The topological polar surface area (TPSA) is 106 Å². The van der Waals surface area contributed by atoms with Gasteiger partial charge in [-0.05, 0) is 80.6 Å². The van der Waals surface area contributed by atoms with Gasteiger partial charge in [0.15, 0.2) is 0 Å². The molecule has 8 nitrogen and oxygen atoms in total. The minimum absolute atomic E-state index is 0.0918. The lowest BCUT2D eigenvalue weighted by atomic mass is 9.91. The Hall–Kier alpha value is -2.78. The highest BCUT2D eigenvalue weighted by Crippen LogP contribution is 2.31. The van der Waals surface area contributed by atoms with Crippen molar-refractivity contribution in [1.82, 2.24) is 14.9 Å². The van der Waals surface area contributed by atoms with Gasteiger partial charge in [-0.1, -0.05) is 23.7 Å². The van der Waals surface area contributed by atoms with Crippen molar-refractivity contribution < 1.29 is 9.53 Å². The van der Waals surface area contributed by atoms with Gasteiger partial charge in [0.25, 0.3) is 0 Å². The fourth-order valence-corrected chi connectivity index (χ4v) is 4.75. The molecule has 0 bridgehead atoms. The predicted octanol–water partition coefficient (Wildman–Crippen LogP) is 6.04. The van der Waals surface area contributed by atoms with Gasteiger partial charge in [0.2, 0.25) is 0 Å². The summed E-state index contributed by atoms with van der Waals surface area (Å²) >= 11 is 9.83. The molecule has 2 aromatic heterocycles. The Morgan fingerprint density at radius 2 is 1.91 bits per heavy atom. The molecular weight excluding hydrogens is 532 g/mol. The average molecular weight is 562 g/mol. The molecule has 3 aromatic rings. The van der Waals surface area contributed by atoms with E-state index in [-0.39, 0.29) is 18.2 Å². The van der Waals surface area contributed by atoms with Crippen LogP contribution in [-0.4, -0.2) is 39.2 Å². The molecule has 0 aliphatic heterocycles. The number of hydrogen-bond donors (Lipinski definition) is 3. The van der Waals surface area contributed by atoms with E-state index >= 15 is 0 Å². The molecule has 0 spiro atoms. The Bertz CT molecular complexity index is 1240. The highest BCUT2D eigenvalue weighted by Gasteiger charge is 2.26. The van der Waals surface area contributed by atoms with Crippen molar-refractivity contribution in [2.75, 3.05) is 5.32 Å². The van der Waals surface area contributed by atoms with E-state index in [1.807, 2.05) is 51.2 Å². The number of ether oxygens (including phenoxy) is 1. The van der Waals surface area contributed by atoms with E-state index in [9.17, 15) is 4.79 Å². The zero-order chi connectivity index (χ0) is 25.2. The number of alkyl carbamates (subject to hydrolysis) is 1. The molecule has 186 valence electrons. The van der Waals surface area contributed by atoms with Gasteiger partial charge in [-0.25, -0.2) is 14.3 Å². The highest BCUT2D eigenvalue weighted by atomic mass is 79.9. The standard InChI is InChI=1S/C25H30BrClN6O2/c1-25(2,3)35-24(34)31-17-10-8-16(9-11-17)30-22-18(13-29-33-14-15(26)12-21(22)33)23(28)32-20-7-5-4-6-19(20)27/h4-7,12-14,16-17,30H,8-11H2,1-3H3,(H2,28,32)(H,31,34)/t16-,17-. The van der Waals surface area contributed by atoms with Crippen molar-refractivity contribution in [3.63, 3.8) is 0 Å². The maximum absolute atomic E-state index is 12.1. The Labute approximate surface area is 218 Å². The van der Waals surface area contributed by atoms with Gasteiger partial charge in [0.05, 0.1) is 33.7 Å². The molecule has 0 unspecified atom stereocenters. The number of amidine groups is 1. The van der Waals surface area contributed by atoms with Crippen molar-refractivity contribution >= 4 is 56.4 Å². The summed E-state index contributed by atoms with van der Waals surface area (Å²) in [5, 5.41) is 11.7. The second-order valence-corrected chi connectivity index (χ2v) is 11.0. The van der Waals surface area contributed by atoms with Crippen molar-refractivity contribution in [1.29, 1.82) is 0 Å². The first-order valence-corrected chi connectivity index (χ1v) is 12.8. The van der Waals surface area contributed by atoms with E-state index in [1.54, 1.807) is 16.8 Å². The van der Waals surface area contributed by atoms with Crippen LogP contribution in [0.4, 0.5) is 16.2 Å². The van der Waals surface area contributed by atoms with E-state index in [4.69, 9.17) is 22.1 Å². The molecule has 10 heteroatoms. The molecule has 1 aromatic carbocycles. The number of nitrogens with one attached hydrogen (secondary N) is 2. The largest absolute Gasteiger partial charge is 0.444 e. The molecule has 0 atom stereocenters. The third-order valence-corrected chi connectivity index (χ3v) is 6.52. The zero-order valence-corrected chi connectivity index (χ0v) is 22.4. The highest BCUT2D eigenvalue weighted by molar-refractivity contribution is 9.10. The van der Waals surface area contributed by atoms with Gasteiger partial charge in [-0.2, -0.15) is 5.10 Å². The fourth-order valence-electron chi connectivity index (χ4n) is 4.16. The molecule has 0 saturated heterocycles. The molecule has 1 aliphatic carbocycles. The van der Waals surface area contributed by atoms with Crippen LogP contribution in [0.15, 0.2) is 52.2 Å². The molecule has 35 heavy (non-hydrogen) atoms. The molecule has 0 radical (unpaired) electrons. The maximum Gasteiger partial charge on any atom is 0.407 e. The Balaban J connectivity index is 1.53. The van der Waals surface area contributed by atoms with Crippen LogP contribution in [0.25, 0.3) is 5.52 Å². The monoisotopic (exact) mass is 560 g/mol. The van der Waals surface area contributed by atoms with Crippen molar-refractivity contribution in [3.05, 3.63) is 57.8 Å². The van der Waals surface area contributed by atoms with Crippen molar-refractivity contribution in [3.8, 4) is 0 Å². The minimum atomic E-state index is -0.511. The summed E-state index contributed by atoms with van der Waals surface area (Å²) in [6, 6.07) is 9.62. The molecule has 4 rings (SSSR count). The normalized spacial score (nSPS) is 18.9. The van der Waals surface area contributed by atoms with Crippen LogP contribution in [0.5, 0.6) is 0 Å². The second kappa shape index (κ2) is 10.5. The van der Waals surface area contributed by atoms with Gasteiger partial charge < -0.3 is 21.1 Å². The van der Waals surface area contributed by atoms with Crippen molar-refractivity contribution in [2.45, 2.75) is 64.1 Å². The van der Waals surface area contributed by atoms with Crippen LogP contribution >= 0.6 is 27.5 Å². The Morgan fingerprint density at radius 3 is 2.60 bits per heavy atom. The summed E-state index contributed by atoms with van der Waals surface area (Å²) in [5.41, 5.74) is 9.00. The van der Waals surface area contributed by atoms with E-state index in [1.165, 1.54) is 0 Å². The lowest BCUT2D eigenvalue weighted by molar-refractivity contribution is 0.0492. The molecule has 2 heterocycles. The third-order valence-electron chi connectivity index (χ3n) is 5.77. The fraction of sp³-hybridized carbons (Fsp3) is 0.400. The lowest BCUT2D eigenvalue weighted by Gasteiger charge is -2.31. The number of aliphatic imine (C=N–C) groups is 1. The molecule has 4 N–H and O–H groups in total.